The lowest BCUT2D eigenvalue weighted by Crippen LogP contribution is -2.38. The molecule has 1 amide bonds. The minimum atomic E-state index is -4.00. The summed E-state index contributed by atoms with van der Waals surface area (Å²) >= 11 is 0. The number of hydrogen-bond acceptors (Lipinski definition) is 7. The van der Waals surface area contributed by atoms with Gasteiger partial charge in [0.1, 0.15) is 23.0 Å². The Kier molecular flexibility index (Phi) is 7.89. The molecule has 2 aromatic rings. The van der Waals surface area contributed by atoms with E-state index in [-0.39, 0.29) is 29.3 Å². The van der Waals surface area contributed by atoms with E-state index in [1.54, 1.807) is 35.2 Å². The van der Waals surface area contributed by atoms with Crippen LogP contribution >= 0.6 is 0 Å². The van der Waals surface area contributed by atoms with Gasteiger partial charge in [0.25, 0.3) is 0 Å². The van der Waals surface area contributed by atoms with Crippen LogP contribution in [-0.4, -0.2) is 59.3 Å². The lowest BCUT2D eigenvalue weighted by atomic mass is 10.1. The van der Waals surface area contributed by atoms with Crippen molar-refractivity contribution in [2.75, 3.05) is 34.0 Å². The molecule has 31 heavy (non-hydrogen) atoms. The van der Waals surface area contributed by atoms with Crippen LogP contribution in [0.25, 0.3) is 0 Å². The fraction of sp³-hybridized carbons (Fsp3) is 0.409. The van der Waals surface area contributed by atoms with E-state index in [9.17, 15) is 13.2 Å². The molecule has 3 rings (SSSR count). The number of hydrogen-bond donors (Lipinski definition) is 0. The third-order valence-electron chi connectivity index (χ3n) is 4.89. The average molecular weight is 450 g/mol. The van der Waals surface area contributed by atoms with Crippen LogP contribution in [-0.2, 0) is 30.9 Å². The topological polar surface area (TPSA) is 91.4 Å². The Morgan fingerprint density at radius 2 is 1.90 bits per heavy atom. The molecule has 9 heteroatoms. The van der Waals surface area contributed by atoms with Crippen molar-refractivity contribution in [3.63, 3.8) is 0 Å². The maximum atomic E-state index is 12.6. The molecule has 0 saturated carbocycles. The Morgan fingerprint density at radius 3 is 2.55 bits per heavy atom. The van der Waals surface area contributed by atoms with Gasteiger partial charge in [-0.2, -0.15) is 8.42 Å². The number of nitrogens with zero attached hydrogens (tertiary/aromatic N) is 1. The molecule has 1 atom stereocenters. The molecule has 168 valence electrons. The first-order valence-electron chi connectivity index (χ1n) is 9.97. The van der Waals surface area contributed by atoms with Gasteiger partial charge in [-0.15, -0.1) is 0 Å². The minimum absolute atomic E-state index is 0.00399. The van der Waals surface area contributed by atoms with Gasteiger partial charge in [-0.1, -0.05) is 12.1 Å². The normalized spacial score (nSPS) is 16.1. The molecule has 0 N–H and O–H groups in total. The second kappa shape index (κ2) is 10.6. The Labute approximate surface area is 182 Å². The van der Waals surface area contributed by atoms with E-state index in [0.29, 0.717) is 25.4 Å². The number of rotatable bonds is 10. The van der Waals surface area contributed by atoms with Crippen molar-refractivity contribution in [1.82, 2.24) is 4.90 Å². The van der Waals surface area contributed by atoms with Crippen molar-refractivity contribution < 1.29 is 31.6 Å². The molecule has 1 heterocycles. The second-order valence-corrected chi connectivity index (χ2v) is 8.75. The summed E-state index contributed by atoms with van der Waals surface area (Å²) in [5.74, 6) is 0.563. The molecule has 0 bridgehead atoms. The first-order valence-corrected chi connectivity index (χ1v) is 11.4. The van der Waals surface area contributed by atoms with Crippen molar-refractivity contribution in [3.8, 4) is 11.5 Å². The van der Waals surface area contributed by atoms with Gasteiger partial charge in [0.15, 0.2) is 0 Å². The number of carbonyl (C=O) groups excluding carboxylic acids is 1. The largest absolute Gasteiger partial charge is 0.497 e. The highest BCUT2D eigenvalue weighted by Gasteiger charge is 2.23. The number of benzene rings is 2. The van der Waals surface area contributed by atoms with E-state index in [2.05, 4.69) is 0 Å². The molecule has 0 aromatic heterocycles. The molecule has 0 radical (unpaired) electrons. The van der Waals surface area contributed by atoms with Gasteiger partial charge in [-0.25, -0.2) is 0 Å². The van der Waals surface area contributed by atoms with Crippen molar-refractivity contribution in [2.24, 2.45) is 0 Å². The highest BCUT2D eigenvalue weighted by molar-refractivity contribution is 7.87. The van der Waals surface area contributed by atoms with Gasteiger partial charge in [-0.05, 0) is 54.8 Å². The van der Waals surface area contributed by atoms with Crippen molar-refractivity contribution in [2.45, 2.75) is 30.4 Å². The number of ether oxygens (including phenoxy) is 3. The third kappa shape index (κ3) is 6.43. The van der Waals surface area contributed by atoms with Crippen molar-refractivity contribution >= 4 is 16.0 Å². The predicted molar refractivity (Wildman–Crippen MR) is 114 cm³/mol. The van der Waals surface area contributed by atoms with Gasteiger partial charge in [-0.3, -0.25) is 4.79 Å². The molecular weight excluding hydrogens is 422 g/mol. The fourth-order valence-corrected chi connectivity index (χ4v) is 4.26. The van der Waals surface area contributed by atoms with Crippen LogP contribution < -0.4 is 8.92 Å². The Balaban J connectivity index is 1.73. The molecule has 0 aliphatic carbocycles. The van der Waals surface area contributed by atoms with E-state index < -0.39 is 10.1 Å². The Bertz CT molecular complexity index is 970. The number of methoxy groups -OCH3 is 2. The van der Waals surface area contributed by atoms with Crippen LogP contribution in [0.2, 0.25) is 0 Å². The predicted octanol–water partition coefficient (Wildman–Crippen LogP) is 2.62. The van der Waals surface area contributed by atoms with Crippen LogP contribution in [0.15, 0.2) is 53.4 Å². The summed E-state index contributed by atoms with van der Waals surface area (Å²) in [5.41, 5.74) is 0.741. The quantitative estimate of drug-likeness (QED) is 0.515. The molecule has 0 spiro atoms. The summed E-state index contributed by atoms with van der Waals surface area (Å²) in [6, 6.07) is 12.6. The monoisotopic (exact) mass is 449 g/mol. The number of carbonyl (C=O) groups is 1. The van der Waals surface area contributed by atoms with E-state index in [4.69, 9.17) is 18.4 Å². The summed E-state index contributed by atoms with van der Waals surface area (Å²) in [6.07, 6.45) is 1.87. The maximum Gasteiger partial charge on any atom is 0.339 e. The molecular formula is C22H27NO7S. The number of amides is 1. The van der Waals surface area contributed by atoms with E-state index in [1.165, 1.54) is 26.4 Å². The maximum absolute atomic E-state index is 12.6. The smallest absolute Gasteiger partial charge is 0.339 e. The fourth-order valence-electron chi connectivity index (χ4n) is 3.34. The van der Waals surface area contributed by atoms with E-state index >= 15 is 0 Å². The van der Waals surface area contributed by atoms with E-state index in [1.807, 2.05) is 6.07 Å². The second-order valence-electron chi connectivity index (χ2n) is 7.20. The zero-order valence-electron chi connectivity index (χ0n) is 17.7. The first-order chi connectivity index (χ1) is 14.9. The minimum Gasteiger partial charge on any atom is -0.497 e. The molecule has 2 aromatic carbocycles. The van der Waals surface area contributed by atoms with Crippen LogP contribution in [0.3, 0.4) is 0 Å². The Hall–Kier alpha value is -2.62. The Morgan fingerprint density at radius 1 is 1.13 bits per heavy atom. The third-order valence-corrected chi connectivity index (χ3v) is 6.16. The zero-order chi connectivity index (χ0) is 22.3. The highest BCUT2D eigenvalue weighted by atomic mass is 32.2. The SMILES string of the molecule is COCC(=O)N(Cc1cccc(OS(=O)(=O)c2ccc(OC)cc2)c1)C[C@@H]1CCCO1. The van der Waals surface area contributed by atoms with Crippen LogP contribution in [0.5, 0.6) is 11.5 Å². The molecule has 8 nitrogen and oxygen atoms in total. The van der Waals surface area contributed by atoms with Gasteiger partial charge in [0, 0.05) is 26.8 Å². The van der Waals surface area contributed by atoms with Gasteiger partial charge >= 0.3 is 10.1 Å². The standard InChI is InChI=1S/C22H27NO7S/c1-27-16-22(24)23(15-20-7-4-12-29-20)14-17-5-3-6-19(13-17)30-31(25,26)21-10-8-18(28-2)9-11-21/h3,5-6,8-11,13,20H,4,7,12,14-16H2,1-2H3/t20-/m0/s1. The van der Waals surface area contributed by atoms with Gasteiger partial charge in [0.05, 0.1) is 13.2 Å². The molecule has 1 aliphatic rings. The summed E-state index contributed by atoms with van der Waals surface area (Å²) in [5, 5.41) is 0. The van der Waals surface area contributed by atoms with Gasteiger partial charge in [0.2, 0.25) is 5.91 Å². The molecule has 1 fully saturated rings. The first kappa shape index (κ1) is 23.1. The summed E-state index contributed by atoms with van der Waals surface area (Å²) in [4.78, 5) is 14.2. The van der Waals surface area contributed by atoms with Crippen LogP contribution in [0, 0.1) is 0 Å². The molecule has 0 unspecified atom stereocenters. The van der Waals surface area contributed by atoms with E-state index in [0.717, 1.165) is 18.4 Å². The summed E-state index contributed by atoms with van der Waals surface area (Å²) < 4.78 is 46.2. The van der Waals surface area contributed by atoms with Gasteiger partial charge < -0.3 is 23.3 Å². The zero-order valence-corrected chi connectivity index (χ0v) is 18.5. The lowest BCUT2D eigenvalue weighted by molar-refractivity contribution is -0.137. The molecule has 1 saturated heterocycles. The van der Waals surface area contributed by atoms with Crippen molar-refractivity contribution in [1.29, 1.82) is 0 Å². The highest BCUT2D eigenvalue weighted by Crippen LogP contribution is 2.23. The summed E-state index contributed by atoms with van der Waals surface area (Å²) in [7, 11) is -1.03. The molecule has 1 aliphatic heterocycles. The van der Waals surface area contributed by atoms with Crippen LogP contribution in [0.1, 0.15) is 18.4 Å². The van der Waals surface area contributed by atoms with Crippen LogP contribution in [0.4, 0.5) is 0 Å². The lowest BCUT2D eigenvalue weighted by Gasteiger charge is -2.25. The van der Waals surface area contributed by atoms with Crippen molar-refractivity contribution in [3.05, 3.63) is 54.1 Å². The summed E-state index contributed by atoms with van der Waals surface area (Å²) in [6.45, 7) is 1.41. The average Bonchev–Trinajstić information content (AvgIpc) is 3.27.